The van der Waals surface area contributed by atoms with Gasteiger partial charge in [0.15, 0.2) is 11.5 Å². The van der Waals surface area contributed by atoms with Gasteiger partial charge in [-0.2, -0.15) is 0 Å². The molecule has 0 N–H and O–H groups in total. The molecular weight excluding hydrogens is 324 g/mol. The van der Waals surface area contributed by atoms with E-state index in [1.807, 2.05) is 19.9 Å². The Bertz CT molecular complexity index is 420. The summed E-state index contributed by atoms with van der Waals surface area (Å²) in [5, 5.41) is 0.703. The normalized spacial score (nSPS) is 10.2. The van der Waals surface area contributed by atoms with Crippen LogP contribution in [-0.4, -0.2) is 24.5 Å². The van der Waals surface area contributed by atoms with Gasteiger partial charge in [-0.05, 0) is 25.5 Å². The highest BCUT2D eigenvalue weighted by Crippen LogP contribution is 2.37. The summed E-state index contributed by atoms with van der Waals surface area (Å²) in [6.45, 7) is 4.91. The summed E-state index contributed by atoms with van der Waals surface area (Å²) in [4.78, 5) is 11.8. The summed E-state index contributed by atoms with van der Waals surface area (Å²) in [7, 11) is 0. The van der Waals surface area contributed by atoms with Crippen LogP contribution in [0.4, 0.5) is 0 Å². The number of para-hydroxylation sites is 1. The number of unbranched alkanes of at least 4 members (excludes halogenated alkanes) is 1. The van der Waals surface area contributed by atoms with E-state index in [4.69, 9.17) is 14.2 Å². The molecule has 1 rings (SSSR count). The zero-order valence-electron chi connectivity index (χ0n) is 12.0. The van der Waals surface area contributed by atoms with Crippen LogP contribution in [0.25, 0.3) is 0 Å². The lowest BCUT2D eigenvalue weighted by Crippen LogP contribution is -2.10. The van der Waals surface area contributed by atoms with E-state index in [2.05, 4.69) is 15.9 Å². The van der Waals surface area contributed by atoms with Crippen LogP contribution < -0.4 is 14.2 Å². The lowest BCUT2D eigenvalue weighted by Gasteiger charge is -2.15. The molecule has 0 radical (unpaired) electrons. The number of carbonyl (C=O) groups is 1. The number of carbonyl (C=O) groups excluding carboxylic acids is 1. The quantitative estimate of drug-likeness (QED) is 0.386. The molecule has 0 aliphatic carbocycles. The molecular formula is C15H21BrO4. The molecule has 0 unspecified atom stereocenters. The highest BCUT2D eigenvalue weighted by Gasteiger charge is 2.16. The maximum atomic E-state index is 11.8. The summed E-state index contributed by atoms with van der Waals surface area (Å²) in [6.07, 6.45) is 2.16. The fourth-order valence-corrected chi connectivity index (χ4v) is 1.78. The fourth-order valence-electron chi connectivity index (χ4n) is 1.61. The van der Waals surface area contributed by atoms with Crippen molar-refractivity contribution < 1.29 is 19.0 Å². The van der Waals surface area contributed by atoms with E-state index >= 15 is 0 Å². The minimum absolute atomic E-state index is 0.261. The summed E-state index contributed by atoms with van der Waals surface area (Å²) in [5.41, 5.74) is 0. The van der Waals surface area contributed by atoms with Crippen molar-refractivity contribution in [2.75, 3.05) is 18.5 Å². The number of rotatable bonds is 9. The van der Waals surface area contributed by atoms with Gasteiger partial charge in [0.25, 0.3) is 0 Å². The molecule has 1 aromatic rings. The van der Waals surface area contributed by atoms with Crippen molar-refractivity contribution in [3.05, 3.63) is 18.2 Å². The van der Waals surface area contributed by atoms with Gasteiger partial charge >= 0.3 is 5.97 Å². The standard InChI is InChI=1S/C15H21BrO4/c1-3-5-9-14(17)20-15-12(18-4-2)7-6-8-13(15)19-11-10-16/h6-8H,3-5,9-11H2,1-2H3. The summed E-state index contributed by atoms with van der Waals surface area (Å²) >= 11 is 3.30. The smallest absolute Gasteiger partial charge is 0.311 e. The van der Waals surface area contributed by atoms with Gasteiger partial charge in [-0.1, -0.05) is 35.3 Å². The largest absolute Gasteiger partial charge is 0.490 e. The van der Waals surface area contributed by atoms with Crippen LogP contribution in [0.2, 0.25) is 0 Å². The number of hydrogen-bond donors (Lipinski definition) is 0. The maximum absolute atomic E-state index is 11.8. The summed E-state index contributed by atoms with van der Waals surface area (Å²) < 4.78 is 16.5. The van der Waals surface area contributed by atoms with Gasteiger partial charge in [-0.3, -0.25) is 4.79 Å². The van der Waals surface area contributed by atoms with Gasteiger partial charge in [-0.15, -0.1) is 0 Å². The Hall–Kier alpha value is -1.23. The summed E-state index contributed by atoms with van der Waals surface area (Å²) in [6, 6.07) is 5.36. The first kappa shape index (κ1) is 16.8. The molecule has 0 amide bonds. The average molecular weight is 345 g/mol. The minimum Gasteiger partial charge on any atom is -0.490 e. The van der Waals surface area contributed by atoms with Gasteiger partial charge < -0.3 is 14.2 Å². The van der Waals surface area contributed by atoms with Gasteiger partial charge in [0, 0.05) is 11.8 Å². The molecule has 0 saturated carbocycles. The number of ether oxygens (including phenoxy) is 3. The van der Waals surface area contributed by atoms with Crippen molar-refractivity contribution >= 4 is 21.9 Å². The Kier molecular flexibility index (Phi) is 8.11. The monoisotopic (exact) mass is 344 g/mol. The highest BCUT2D eigenvalue weighted by molar-refractivity contribution is 9.09. The lowest BCUT2D eigenvalue weighted by molar-refractivity contribution is -0.134. The molecule has 20 heavy (non-hydrogen) atoms. The van der Waals surface area contributed by atoms with Crippen LogP contribution in [-0.2, 0) is 4.79 Å². The second-order valence-corrected chi connectivity index (χ2v) is 4.92. The van der Waals surface area contributed by atoms with E-state index in [0.717, 1.165) is 12.8 Å². The van der Waals surface area contributed by atoms with E-state index in [-0.39, 0.29) is 5.97 Å². The number of hydrogen-bond acceptors (Lipinski definition) is 4. The predicted molar refractivity (Wildman–Crippen MR) is 82.1 cm³/mol. The highest BCUT2D eigenvalue weighted by atomic mass is 79.9. The predicted octanol–water partition coefficient (Wildman–Crippen LogP) is 3.95. The Morgan fingerprint density at radius 1 is 1.20 bits per heavy atom. The van der Waals surface area contributed by atoms with Crippen molar-refractivity contribution in [2.45, 2.75) is 33.1 Å². The average Bonchev–Trinajstić information content (AvgIpc) is 2.45. The minimum atomic E-state index is -0.261. The molecule has 5 heteroatoms. The molecule has 0 saturated heterocycles. The van der Waals surface area contributed by atoms with Crippen LogP contribution >= 0.6 is 15.9 Å². The number of halogens is 1. The van der Waals surface area contributed by atoms with Crippen molar-refractivity contribution in [3.63, 3.8) is 0 Å². The zero-order valence-corrected chi connectivity index (χ0v) is 13.6. The third-order valence-electron chi connectivity index (χ3n) is 2.53. The third-order valence-corrected chi connectivity index (χ3v) is 2.85. The molecule has 0 aliphatic rings. The van der Waals surface area contributed by atoms with Crippen LogP contribution in [0.1, 0.15) is 33.1 Å². The van der Waals surface area contributed by atoms with Crippen LogP contribution in [0, 0.1) is 0 Å². The number of benzene rings is 1. The first-order chi connectivity index (χ1) is 9.72. The van der Waals surface area contributed by atoms with E-state index in [1.54, 1.807) is 12.1 Å². The molecule has 4 nitrogen and oxygen atoms in total. The van der Waals surface area contributed by atoms with E-state index in [1.165, 1.54) is 0 Å². The zero-order chi connectivity index (χ0) is 14.8. The molecule has 0 fully saturated rings. The van der Waals surface area contributed by atoms with Crippen molar-refractivity contribution in [1.29, 1.82) is 0 Å². The van der Waals surface area contributed by atoms with Crippen LogP contribution in [0.15, 0.2) is 18.2 Å². The van der Waals surface area contributed by atoms with Gasteiger partial charge in [0.2, 0.25) is 5.75 Å². The van der Waals surface area contributed by atoms with E-state index < -0.39 is 0 Å². The molecule has 0 aliphatic heterocycles. The first-order valence-corrected chi connectivity index (χ1v) is 8.00. The molecule has 0 aromatic heterocycles. The Labute approximate surface area is 128 Å². The summed E-state index contributed by atoms with van der Waals surface area (Å²) in [5.74, 6) is 1.17. The van der Waals surface area contributed by atoms with Gasteiger partial charge in [0.05, 0.1) is 13.2 Å². The second-order valence-electron chi connectivity index (χ2n) is 4.13. The molecule has 0 atom stereocenters. The van der Waals surface area contributed by atoms with E-state index in [0.29, 0.717) is 42.2 Å². The number of esters is 1. The fraction of sp³-hybridized carbons (Fsp3) is 0.533. The van der Waals surface area contributed by atoms with Crippen molar-refractivity contribution in [2.24, 2.45) is 0 Å². The molecule has 0 heterocycles. The van der Waals surface area contributed by atoms with Crippen LogP contribution in [0.5, 0.6) is 17.2 Å². The topological polar surface area (TPSA) is 44.8 Å². The maximum Gasteiger partial charge on any atom is 0.311 e. The van der Waals surface area contributed by atoms with E-state index in [9.17, 15) is 4.79 Å². The lowest BCUT2D eigenvalue weighted by atomic mass is 10.2. The Balaban J connectivity index is 2.88. The Morgan fingerprint density at radius 3 is 2.50 bits per heavy atom. The molecule has 0 bridgehead atoms. The van der Waals surface area contributed by atoms with Gasteiger partial charge in [-0.25, -0.2) is 0 Å². The third kappa shape index (κ3) is 5.41. The molecule has 0 spiro atoms. The molecule has 1 aromatic carbocycles. The van der Waals surface area contributed by atoms with Crippen LogP contribution in [0.3, 0.4) is 0 Å². The van der Waals surface area contributed by atoms with Crippen molar-refractivity contribution in [3.8, 4) is 17.2 Å². The molecule has 112 valence electrons. The SMILES string of the molecule is CCCCC(=O)Oc1c(OCC)cccc1OCCBr. The Morgan fingerprint density at radius 2 is 1.90 bits per heavy atom. The number of alkyl halides is 1. The van der Waals surface area contributed by atoms with Crippen molar-refractivity contribution in [1.82, 2.24) is 0 Å². The first-order valence-electron chi connectivity index (χ1n) is 6.88. The second kappa shape index (κ2) is 9.64. The van der Waals surface area contributed by atoms with Gasteiger partial charge in [0.1, 0.15) is 0 Å².